The molecule has 0 saturated heterocycles. The van der Waals surface area contributed by atoms with Gasteiger partial charge in [0, 0.05) is 7.11 Å². The molecule has 0 atom stereocenters. The van der Waals surface area contributed by atoms with E-state index >= 15 is 0 Å². The van der Waals surface area contributed by atoms with E-state index in [1.807, 2.05) is 6.08 Å². The third kappa shape index (κ3) is 5.45. The van der Waals surface area contributed by atoms with Crippen LogP contribution in [0.2, 0.25) is 0 Å². The van der Waals surface area contributed by atoms with Gasteiger partial charge in [0.2, 0.25) is 0 Å². The molecule has 0 aromatic heterocycles. The summed E-state index contributed by atoms with van der Waals surface area (Å²) in [4.78, 5) is 0.237. The second-order valence-corrected chi connectivity index (χ2v) is 5.08. The lowest BCUT2D eigenvalue weighted by Crippen LogP contribution is -2.14. The molecule has 1 rings (SSSR count). The molecule has 0 spiro atoms. The molecular weight excluding hydrogens is 244 g/mol. The molecule has 0 amide bonds. The fourth-order valence-corrected chi connectivity index (χ4v) is 2.30. The van der Waals surface area contributed by atoms with E-state index < -0.39 is 10.1 Å². The lowest BCUT2D eigenvalue weighted by molar-refractivity contribution is 0.0557. The first-order valence-corrected chi connectivity index (χ1v) is 6.90. The molecule has 0 aromatic rings. The van der Waals surface area contributed by atoms with Crippen molar-refractivity contribution in [3.8, 4) is 0 Å². The maximum atomic E-state index is 11.7. The predicted molar refractivity (Wildman–Crippen MR) is 64.0 cm³/mol. The highest BCUT2D eigenvalue weighted by Gasteiger charge is 2.16. The third-order valence-corrected chi connectivity index (χ3v) is 3.50. The van der Waals surface area contributed by atoms with Gasteiger partial charge in [0.05, 0.1) is 31.3 Å². The summed E-state index contributed by atoms with van der Waals surface area (Å²) >= 11 is 0. The summed E-state index contributed by atoms with van der Waals surface area (Å²) in [7, 11) is -2.04. The van der Waals surface area contributed by atoms with Crippen molar-refractivity contribution in [2.75, 3.05) is 33.5 Å². The van der Waals surface area contributed by atoms with Crippen LogP contribution >= 0.6 is 0 Å². The molecular formula is C11H18O5S. The summed E-state index contributed by atoms with van der Waals surface area (Å²) in [6.45, 7) is 1.18. The van der Waals surface area contributed by atoms with Crippen LogP contribution in [0.4, 0.5) is 0 Å². The number of methoxy groups -OCH3 is 1. The van der Waals surface area contributed by atoms with Crippen LogP contribution in [0.5, 0.6) is 0 Å². The highest BCUT2D eigenvalue weighted by Crippen LogP contribution is 2.17. The first-order valence-electron chi connectivity index (χ1n) is 5.49. The van der Waals surface area contributed by atoms with E-state index in [9.17, 15) is 8.42 Å². The van der Waals surface area contributed by atoms with Gasteiger partial charge in [-0.15, -0.1) is 0 Å². The van der Waals surface area contributed by atoms with Crippen molar-refractivity contribution in [3.63, 3.8) is 0 Å². The molecule has 0 aromatic carbocycles. The van der Waals surface area contributed by atoms with Crippen molar-refractivity contribution in [1.29, 1.82) is 0 Å². The van der Waals surface area contributed by atoms with Gasteiger partial charge >= 0.3 is 0 Å². The van der Waals surface area contributed by atoms with Crippen molar-refractivity contribution in [2.24, 2.45) is 0 Å². The first kappa shape index (κ1) is 14.4. The number of allylic oxidation sites excluding steroid dienone is 3. The molecule has 0 heterocycles. The molecule has 0 saturated carbocycles. The van der Waals surface area contributed by atoms with Crippen molar-refractivity contribution in [1.82, 2.24) is 0 Å². The Morgan fingerprint density at radius 1 is 1.18 bits per heavy atom. The maximum Gasteiger partial charge on any atom is 0.296 e. The molecule has 0 unspecified atom stereocenters. The highest BCUT2D eigenvalue weighted by atomic mass is 32.2. The van der Waals surface area contributed by atoms with Crippen LogP contribution in [-0.2, 0) is 23.8 Å². The van der Waals surface area contributed by atoms with Crippen molar-refractivity contribution in [3.05, 3.63) is 23.1 Å². The van der Waals surface area contributed by atoms with E-state index in [-0.39, 0.29) is 18.1 Å². The predicted octanol–water partition coefficient (Wildman–Crippen LogP) is 1.23. The maximum absolute atomic E-state index is 11.7. The van der Waals surface area contributed by atoms with Gasteiger partial charge < -0.3 is 9.47 Å². The molecule has 0 bridgehead atoms. The molecule has 98 valence electrons. The molecule has 0 aliphatic heterocycles. The standard InChI is InChI=1S/C11H18O5S/c1-14-7-8-15-9-10-16-17(12,13)11-5-3-2-4-6-11/h3,5-6H,2,4,7-10H2,1H3. The van der Waals surface area contributed by atoms with Crippen LogP contribution in [0, 0.1) is 0 Å². The fourth-order valence-electron chi connectivity index (χ4n) is 1.29. The summed E-state index contributed by atoms with van der Waals surface area (Å²) < 4.78 is 38.0. The van der Waals surface area contributed by atoms with Gasteiger partial charge in [-0.25, -0.2) is 0 Å². The molecule has 5 nitrogen and oxygen atoms in total. The minimum Gasteiger partial charge on any atom is -0.382 e. The van der Waals surface area contributed by atoms with Gasteiger partial charge in [-0.05, 0) is 18.9 Å². The Bertz CT molecular complexity index is 369. The van der Waals surface area contributed by atoms with Crippen LogP contribution in [0.1, 0.15) is 12.8 Å². The van der Waals surface area contributed by atoms with Gasteiger partial charge in [-0.3, -0.25) is 4.18 Å². The normalized spacial score (nSPS) is 15.9. The van der Waals surface area contributed by atoms with Gasteiger partial charge in [-0.2, -0.15) is 8.42 Å². The molecule has 0 radical (unpaired) electrons. The largest absolute Gasteiger partial charge is 0.382 e. The SMILES string of the molecule is COCCOCCOS(=O)(=O)C1=CCCC=C1. The monoisotopic (exact) mass is 262 g/mol. The summed E-state index contributed by atoms with van der Waals surface area (Å²) in [6.07, 6.45) is 6.68. The summed E-state index contributed by atoms with van der Waals surface area (Å²) in [5, 5.41) is 0. The van der Waals surface area contributed by atoms with Gasteiger partial charge in [0.1, 0.15) is 0 Å². The topological polar surface area (TPSA) is 61.8 Å². The third-order valence-electron chi connectivity index (χ3n) is 2.15. The Balaban J connectivity index is 2.25. The minimum atomic E-state index is -3.61. The Kier molecular flexibility index (Phi) is 6.43. The lowest BCUT2D eigenvalue weighted by Gasteiger charge is -2.09. The molecule has 1 aliphatic carbocycles. The van der Waals surface area contributed by atoms with E-state index in [1.54, 1.807) is 19.3 Å². The molecule has 0 N–H and O–H groups in total. The van der Waals surface area contributed by atoms with Gasteiger partial charge in [-0.1, -0.05) is 12.2 Å². The average Bonchev–Trinajstić information content (AvgIpc) is 2.35. The van der Waals surface area contributed by atoms with Crippen molar-refractivity contribution >= 4 is 10.1 Å². The Morgan fingerprint density at radius 3 is 2.59 bits per heavy atom. The summed E-state index contributed by atoms with van der Waals surface area (Å²) in [6, 6.07) is 0. The van der Waals surface area contributed by atoms with E-state index in [4.69, 9.17) is 13.7 Å². The van der Waals surface area contributed by atoms with Crippen LogP contribution in [-0.4, -0.2) is 42.0 Å². The van der Waals surface area contributed by atoms with Gasteiger partial charge in [0.15, 0.2) is 0 Å². The number of hydrogen-bond acceptors (Lipinski definition) is 5. The molecule has 1 aliphatic rings. The highest BCUT2D eigenvalue weighted by molar-refractivity contribution is 7.90. The van der Waals surface area contributed by atoms with E-state index in [2.05, 4.69) is 0 Å². The Labute approximate surface area is 102 Å². The smallest absolute Gasteiger partial charge is 0.296 e. The molecule has 6 heteroatoms. The Morgan fingerprint density at radius 2 is 1.94 bits per heavy atom. The average molecular weight is 262 g/mol. The lowest BCUT2D eigenvalue weighted by atomic mass is 10.2. The second-order valence-electron chi connectivity index (χ2n) is 3.47. The first-order chi connectivity index (χ1) is 8.17. The zero-order valence-electron chi connectivity index (χ0n) is 9.92. The zero-order valence-corrected chi connectivity index (χ0v) is 10.7. The number of rotatable bonds is 8. The zero-order chi connectivity index (χ0) is 12.6. The van der Waals surface area contributed by atoms with E-state index in [1.165, 1.54) is 0 Å². The Hall–Kier alpha value is -0.690. The van der Waals surface area contributed by atoms with Crippen LogP contribution in [0.25, 0.3) is 0 Å². The number of ether oxygens (including phenoxy) is 2. The number of hydrogen-bond donors (Lipinski definition) is 0. The quantitative estimate of drug-likeness (QED) is 0.486. The van der Waals surface area contributed by atoms with Crippen LogP contribution < -0.4 is 0 Å². The van der Waals surface area contributed by atoms with Crippen LogP contribution in [0.3, 0.4) is 0 Å². The van der Waals surface area contributed by atoms with E-state index in [0.717, 1.165) is 12.8 Å². The summed E-state index contributed by atoms with van der Waals surface area (Å²) in [5.41, 5.74) is 0. The molecule has 0 fully saturated rings. The van der Waals surface area contributed by atoms with Crippen molar-refractivity contribution in [2.45, 2.75) is 12.8 Å². The van der Waals surface area contributed by atoms with Crippen LogP contribution in [0.15, 0.2) is 23.1 Å². The second kappa shape index (κ2) is 7.60. The minimum absolute atomic E-state index is 0.0250. The van der Waals surface area contributed by atoms with E-state index in [0.29, 0.717) is 13.2 Å². The molecule has 17 heavy (non-hydrogen) atoms. The fraction of sp³-hybridized carbons (Fsp3) is 0.636. The summed E-state index contributed by atoms with van der Waals surface area (Å²) in [5.74, 6) is 0. The van der Waals surface area contributed by atoms with Gasteiger partial charge in [0.25, 0.3) is 10.1 Å². The van der Waals surface area contributed by atoms with Crippen molar-refractivity contribution < 1.29 is 22.1 Å².